The molecule has 2 aromatic rings. The zero-order chi connectivity index (χ0) is 13.9. The van der Waals surface area contributed by atoms with Crippen LogP contribution in [0.3, 0.4) is 0 Å². The predicted molar refractivity (Wildman–Crippen MR) is 82.5 cm³/mol. The maximum absolute atomic E-state index is 4.45. The summed E-state index contributed by atoms with van der Waals surface area (Å²) in [6.45, 7) is 10.0. The molecule has 2 heteroatoms. The van der Waals surface area contributed by atoms with Crippen molar-refractivity contribution in [2.24, 2.45) is 0 Å². The maximum atomic E-state index is 4.45. The first kappa shape index (κ1) is 14.0. The first-order valence-electron chi connectivity index (χ1n) is 7.08. The van der Waals surface area contributed by atoms with Gasteiger partial charge in [-0.05, 0) is 36.1 Å². The minimum absolute atomic E-state index is 0.174. The number of hydrogen-bond donors (Lipinski definition) is 1. The number of nitrogens with zero attached hydrogens (tertiary/aromatic N) is 1. The summed E-state index contributed by atoms with van der Waals surface area (Å²) < 4.78 is 0. The Labute approximate surface area is 116 Å². The van der Waals surface area contributed by atoms with E-state index < -0.39 is 0 Å². The molecule has 0 aliphatic rings. The van der Waals surface area contributed by atoms with Gasteiger partial charge in [0, 0.05) is 17.6 Å². The predicted octanol–water partition coefficient (Wildman–Crippen LogP) is 3.90. The van der Waals surface area contributed by atoms with E-state index in [0.717, 1.165) is 18.5 Å². The van der Waals surface area contributed by atoms with E-state index in [1.165, 1.54) is 10.9 Å². The van der Waals surface area contributed by atoms with Crippen molar-refractivity contribution in [1.82, 2.24) is 10.3 Å². The molecule has 0 bridgehead atoms. The van der Waals surface area contributed by atoms with Gasteiger partial charge in [0.25, 0.3) is 0 Å². The fraction of sp³-hybridized carbons (Fsp3) is 0.471. The molecule has 0 unspecified atom stereocenters. The average Bonchev–Trinajstić information content (AvgIpc) is 2.37. The van der Waals surface area contributed by atoms with Crippen molar-refractivity contribution in [2.45, 2.75) is 45.6 Å². The fourth-order valence-corrected chi connectivity index (χ4v) is 2.31. The SMILES string of the molecule is CC(C)NCCC(C)(C)c1ccc2cccnc2c1. The van der Waals surface area contributed by atoms with Crippen LogP contribution in [0, 0.1) is 0 Å². The Morgan fingerprint density at radius 1 is 1.21 bits per heavy atom. The molecule has 0 amide bonds. The molecule has 1 aromatic heterocycles. The van der Waals surface area contributed by atoms with E-state index in [4.69, 9.17) is 0 Å². The molecule has 0 radical (unpaired) electrons. The second-order valence-electron chi connectivity index (χ2n) is 6.15. The van der Waals surface area contributed by atoms with Crippen LogP contribution < -0.4 is 5.32 Å². The van der Waals surface area contributed by atoms with Crippen LogP contribution in [-0.4, -0.2) is 17.6 Å². The van der Waals surface area contributed by atoms with Crippen molar-refractivity contribution in [3.8, 4) is 0 Å². The van der Waals surface area contributed by atoms with Crippen molar-refractivity contribution in [1.29, 1.82) is 0 Å². The van der Waals surface area contributed by atoms with Gasteiger partial charge in [0.15, 0.2) is 0 Å². The van der Waals surface area contributed by atoms with E-state index in [9.17, 15) is 0 Å². The molecule has 1 heterocycles. The van der Waals surface area contributed by atoms with Crippen molar-refractivity contribution in [2.75, 3.05) is 6.54 Å². The van der Waals surface area contributed by atoms with E-state index in [1.54, 1.807) is 0 Å². The van der Waals surface area contributed by atoms with Gasteiger partial charge in [-0.2, -0.15) is 0 Å². The summed E-state index contributed by atoms with van der Waals surface area (Å²) in [7, 11) is 0. The number of rotatable bonds is 5. The summed E-state index contributed by atoms with van der Waals surface area (Å²) in [6.07, 6.45) is 2.99. The van der Waals surface area contributed by atoms with E-state index in [-0.39, 0.29) is 5.41 Å². The molecule has 102 valence electrons. The Balaban J connectivity index is 2.17. The van der Waals surface area contributed by atoms with E-state index in [1.807, 2.05) is 12.3 Å². The topological polar surface area (TPSA) is 24.9 Å². The highest BCUT2D eigenvalue weighted by atomic mass is 14.9. The minimum atomic E-state index is 0.174. The van der Waals surface area contributed by atoms with Gasteiger partial charge in [-0.25, -0.2) is 0 Å². The maximum Gasteiger partial charge on any atom is 0.0704 e. The summed E-state index contributed by atoms with van der Waals surface area (Å²) in [5.41, 5.74) is 2.63. The van der Waals surface area contributed by atoms with Gasteiger partial charge < -0.3 is 5.32 Å². The highest BCUT2D eigenvalue weighted by Crippen LogP contribution is 2.28. The molecule has 0 atom stereocenters. The molecule has 2 nitrogen and oxygen atoms in total. The molecule has 0 aliphatic heterocycles. The highest BCUT2D eigenvalue weighted by molar-refractivity contribution is 5.79. The first-order chi connectivity index (χ1) is 8.99. The number of nitrogens with one attached hydrogen (secondary N) is 1. The van der Waals surface area contributed by atoms with Crippen molar-refractivity contribution < 1.29 is 0 Å². The first-order valence-corrected chi connectivity index (χ1v) is 7.08. The third-order valence-electron chi connectivity index (χ3n) is 3.69. The molecule has 0 aliphatic carbocycles. The second kappa shape index (κ2) is 5.70. The van der Waals surface area contributed by atoms with Crippen LogP contribution in [0.4, 0.5) is 0 Å². The molecule has 2 rings (SSSR count). The molecule has 1 N–H and O–H groups in total. The third-order valence-corrected chi connectivity index (χ3v) is 3.69. The summed E-state index contributed by atoms with van der Waals surface area (Å²) in [4.78, 5) is 4.45. The van der Waals surface area contributed by atoms with Crippen LogP contribution in [0.2, 0.25) is 0 Å². The lowest BCUT2D eigenvalue weighted by molar-refractivity contribution is 0.442. The second-order valence-corrected chi connectivity index (χ2v) is 6.15. The van der Waals surface area contributed by atoms with Gasteiger partial charge >= 0.3 is 0 Å². The molecule has 19 heavy (non-hydrogen) atoms. The Hall–Kier alpha value is -1.41. The van der Waals surface area contributed by atoms with Crippen LogP contribution >= 0.6 is 0 Å². The van der Waals surface area contributed by atoms with E-state index in [0.29, 0.717) is 6.04 Å². The Bertz CT molecular complexity index is 544. The van der Waals surface area contributed by atoms with Gasteiger partial charge in [0.1, 0.15) is 0 Å². The molecule has 0 saturated heterocycles. The van der Waals surface area contributed by atoms with Crippen LogP contribution in [0.15, 0.2) is 36.5 Å². The van der Waals surface area contributed by atoms with Crippen molar-refractivity contribution >= 4 is 10.9 Å². The summed E-state index contributed by atoms with van der Waals surface area (Å²) >= 11 is 0. The van der Waals surface area contributed by atoms with Crippen LogP contribution in [-0.2, 0) is 5.41 Å². The normalized spacial score (nSPS) is 12.3. The smallest absolute Gasteiger partial charge is 0.0704 e. The Morgan fingerprint density at radius 3 is 2.74 bits per heavy atom. The number of pyridine rings is 1. The Morgan fingerprint density at radius 2 is 2.00 bits per heavy atom. The molecule has 0 fully saturated rings. The fourth-order valence-electron chi connectivity index (χ4n) is 2.31. The van der Waals surface area contributed by atoms with Gasteiger partial charge in [0.2, 0.25) is 0 Å². The standard InChI is InChI=1S/C17H24N2/c1-13(2)18-11-9-17(3,4)15-8-7-14-6-5-10-19-16(14)12-15/h5-8,10,12-13,18H,9,11H2,1-4H3. The lowest BCUT2D eigenvalue weighted by Crippen LogP contribution is -2.29. The number of benzene rings is 1. The van der Waals surface area contributed by atoms with Crippen LogP contribution in [0.5, 0.6) is 0 Å². The molecular weight excluding hydrogens is 232 g/mol. The largest absolute Gasteiger partial charge is 0.315 e. The van der Waals surface area contributed by atoms with Gasteiger partial charge in [0.05, 0.1) is 5.52 Å². The van der Waals surface area contributed by atoms with Gasteiger partial charge in [-0.3, -0.25) is 4.98 Å². The minimum Gasteiger partial charge on any atom is -0.315 e. The van der Waals surface area contributed by atoms with Crippen molar-refractivity contribution in [3.63, 3.8) is 0 Å². The zero-order valence-electron chi connectivity index (χ0n) is 12.4. The zero-order valence-corrected chi connectivity index (χ0v) is 12.4. The van der Waals surface area contributed by atoms with E-state index in [2.05, 4.69) is 62.3 Å². The van der Waals surface area contributed by atoms with Crippen molar-refractivity contribution in [3.05, 3.63) is 42.1 Å². The summed E-state index contributed by atoms with van der Waals surface area (Å²) in [5.74, 6) is 0. The van der Waals surface area contributed by atoms with Gasteiger partial charge in [-0.15, -0.1) is 0 Å². The molecular formula is C17H24N2. The monoisotopic (exact) mass is 256 g/mol. The summed E-state index contributed by atoms with van der Waals surface area (Å²) in [6, 6.07) is 11.3. The molecule has 1 aromatic carbocycles. The number of hydrogen-bond acceptors (Lipinski definition) is 2. The van der Waals surface area contributed by atoms with Gasteiger partial charge in [-0.1, -0.05) is 45.9 Å². The molecule has 0 spiro atoms. The lowest BCUT2D eigenvalue weighted by atomic mass is 9.81. The summed E-state index contributed by atoms with van der Waals surface area (Å²) in [5, 5.41) is 4.70. The number of fused-ring (bicyclic) bond motifs is 1. The molecule has 0 saturated carbocycles. The lowest BCUT2D eigenvalue weighted by Gasteiger charge is -2.26. The third kappa shape index (κ3) is 3.54. The van der Waals surface area contributed by atoms with Crippen LogP contribution in [0.1, 0.15) is 39.7 Å². The highest BCUT2D eigenvalue weighted by Gasteiger charge is 2.20. The quantitative estimate of drug-likeness (QED) is 0.877. The average molecular weight is 256 g/mol. The van der Waals surface area contributed by atoms with E-state index >= 15 is 0 Å². The number of aromatic nitrogens is 1. The Kier molecular flexibility index (Phi) is 4.20. The van der Waals surface area contributed by atoms with Crippen LogP contribution in [0.25, 0.3) is 10.9 Å².